The molecule has 2 aromatic carbocycles. The molecule has 1 aliphatic rings. The second-order valence-electron chi connectivity index (χ2n) is 6.20. The van der Waals surface area contributed by atoms with Gasteiger partial charge in [-0.05, 0) is 35.2 Å². The molecule has 116 valence electrons. The van der Waals surface area contributed by atoms with Crippen LogP contribution in [0.3, 0.4) is 0 Å². The molecule has 3 heteroatoms. The third kappa shape index (κ3) is 2.87. The van der Waals surface area contributed by atoms with Gasteiger partial charge in [-0.25, -0.2) is 0 Å². The number of Topliss-reactive ketones (excluding diaryl/α,β-unsaturated/α-hetero) is 1. The highest BCUT2D eigenvalue weighted by molar-refractivity contribution is 5.97. The van der Waals surface area contributed by atoms with Gasteiger partial charge in [-0.1, -0.05) is 36.4 Å². The second kappa shape index (κ2) is 5.92. The van der Waals surface area contributed by atoms with Crippen LogP contribution in [0.4, 0.5) is 5.69 Å². The van der Waals surface area contributed by atoms with Crippen LogP contribution in [0.15, 0.2) is 54.9 Å². The molecular weight excluding hydrogens is 284 g/mol. The minimum Gasteiger partial charge on any atom is -0.385 e. The number of anilines is 1. The summed E-state index contributed by atoms with van der Waals surface area (Å²) in [5.41, 5.74) is 3.27. The largest absolute Gasteiger partial charge is 0.385 e. The number of fused-ring (bicyclic) bond motifs is 2. The summed E-state index contributed by atoms with van der Waals surface area (Å²) >= 11 is 0. The fourth-order valence-electron chi connectivity index (χ4n) is 3.28. The number of carbonyl (C=O) groups is 1. The molecule has 1 aromatic heterocycles. The maximum absolute atomic E-state index is 12.5. The van der Waals surface area contributed by atoms with Crippen LogP contribution >= 0.6 is 0 Å². The van der Waals surface area contributed by atoms with Crippen molar-refractivity contribution in [3.63, 3.8) is 0 Å². The van der Waals surface area contributed by atoms with Gasteiger partial charge in [-0.2, -0.15) is 0 Å². The SMILES string of the molecule is O=C(CCn1cc2ccccc2c1)c1ccc2c(c1)NCCC2. The van der Waals surface area contributed by atoms with Crippen molar-refractivity contribution in [3.05, 3.63) is 66.0 Å². The molecule has 0 unspecified atom stereocenters. The molecule has 23 heavy (non-hydrogen) atoms. The summed E-state index contributed by atoms with van der Waals surface area (Å²) in [6, 6.07) is 14.4. The number of nitrogens with one attached hydrogen (secondary N) is 1. The van der Waals surface area contributed by atoms with Gasteiger partial charge < -0.3 is 9.88 Å². The van der Waals surface area contributed by atoms with Crippen LogP contribution in [-0.4, -0.2) is 16.9 Å². The average Bonchev–Trinajstić information content (AvgIpc) is 3.02. The standard InChI is InChI=1S/C20H20N2O/c23-20(16-8-7-15-6-3-10-21-19(15)12-16)9-11-22-13-17-4-1-2-5-18(17)14-22/h1-2,4-5,7-8,12-14,21H,3,6,9-11H2. The molecule has 2 heterocycles. The van der Waals surface area contributed by atoms with Gasteiger partial charge >= 0.3 is 0 Å². The molecule has 0 bridgehead atoms. The smallest absolute Gasteiger partial charge is 0.164 e. The Morgan fingerprint density at radius 3 is 2.65 bits per heavy atom. The Kier molecular flexibility index (Phi) is 3.62. The number of nitrogens with zero attached hydrogens (tertiary/aromatic N) is 1. The zero-order valence-corrected chi connectivity index (χ0v) is 13.1. The Bertz CT molecular complexity index is 830. The summed E-state index contributed by atoms with van der Waals surface area (Å²) in [6.45, 7) is 1.72. The van der Waals surface area contributed by atoms with Gasteiger partial charge in [0.25, 0.3) is 0 Å². The quantitative estimate of drug-likeness (QED) is 0.730. The van der Waals surface area contributed by atoms with Gasteiger partial charge in [-0.15, -0.1) is 0 Å². The Balaban J connectivity index is 1.47. The van der Waals surface area contributed by atoms with Crippen molar-refractivity contribution in [1.29, 1.82) is 0 Å². The van der Waals surface area contributed by atoms with E-state index in [1.54, 1.807) is 0 Å². The van der Waals surface area contributed by atoms with Gasteiger partial charge in [0.1, 0.15) is 0 Å². The predicted octanol–water partition coefficient (Wildman–Crippen LogP) is 4.27. The van der Waals surface area contributed by atoms with E-state index in [2.05, 4.69) is 40.5 Å². The second-order valence-corrected chi connectivity index (χ2v) is 6.20. The third-order valence-corrected chi connectivity index (χ3v) is 4.57. The maximum Gasteiger partial charge on any atom is 0.164 e. The molecule has 0 saturated carbocycles. The summed E-state index contributed by atoms with van der Waals surface area (Å²) in [5.74, 6) is 0.206. The lowest BCUT2D eigenvalue weighted by Crippen LogP contribution is -2.13. The van der Waals surface area contributed by atoms with Crippen LogP contribution in [0, 0.1) is 0 Å². The molecule has 3 nitrogen and oxygen atoms in total. The van der Waals surface area contributed by atoms with E-state index >= 15 is 0 Å². The first kappa shape index (κ1) is 14.1. The summed E-state index contributed by atoms with van der Waals surface area (Å²) in [7, 11) is 0. The van der Waals surface area contributed by atoms with Crippen molar-refractivity contribution in [2.45, 2.75) is 25.8 Å². The lowest BCUT2D eigenvalue weighted by molar-refractivity contribution is 0.0977. The number of ketones is 1. The lowest BCUT2D eigenvalue weighted by atomic mass is 9.99. The zero-order chi connectivity index (χ0) is 15.6. The van der Waals surface area contributed by atoms with Gasteiger partial charge in [0.2, 0.25) is 0 Å². The zero-order valence-electron chi connectivity index (χ0n) is 13.1. The first-order valence-corrected chi connectivity index (χ1v) is 8.24. The first-order valence-electron chi connectivity index (χ1n) is 8.24. The van der Waals surface area contributed by atoms with Crippen LogP contribution in [0.2, 0.25) is 0 Å². The molecule has 0 atom stereocenters. The fraction of sp³-hybridized carbons (Fsp3) is 0.250. The third-order valence-electron chi connectivity index (χ3n) is 4.57. The molecule has 0 amide bonds. The topological polar surface area (TPSA) is 34.0 Å². The highest BCUT2D eigenvalue weighted by atomic mass is 16.1. The van der Waals surface area contributed by atoms with Crippen molar-refractivity contribution >= 4 is 22.2 Å². The van der Waals surface area contributed by atoms with E-state index in [-0.39, 0.29) is 5.78 Å². The molecule has 1 N–H and O–H groups in total. The molecule has 0 radical (unpaired) electrons. The molecule has 3 aromatic rings. The predicted molar refractivity (Wildman–Crippen MR) is 94.1 cm³/mol. The minimum absolute atomic E-state index is 0.206. The number of aromatic nitrogens is 1. The van der Waals surface area contributed by atoms with E-state index in [0.29, 0.717) is 6.42 Å². The van der Waals surface area contributed by atoms with Crippen LogP contribution in [-0.2, 0) is 13.0 Å². The molecule has 1 aliphatic heterocycles. The molecule has 0 fully saturated rings. The van der Waals surface area contributed by atoms with E-state index < -0.39 is 0 Å². The number of hydrogen-bond donors (Lipinski definition) is 1. The van der Waals surface area contributed by atoms with Crippen LogP contribution in [0.1, 0.15) is 28.8 Å². The maximum atomic E-state index is 12.5. The first-order chi connectivity index (χ1) is 11.3. The van der Waals surface area contributed by atoms with E-state index in [0.717, 1.165) is 30.8 Å². The average molecular weight is 304 g/mol. The minimum atomic E-state index is 0.206. The highest BCUT2D eigenvalue weighted by Gasteiger charge is 2.12. The van der Waals surface area contributed by atoms with E-state index in [4.69, 9.17) is 0 Å². The summed E-state index contributed by atoms with van der Waals surface area (Å²) < 4.78 is 2.11. The van der Waals surface area contributed by atoms with Gasteiger partial charge in [-0.3, -0.25) is 4.79 Å². The molecule has 0 aliphatic carbocycles. The van der Waals surface area contributed by atoms with E-state index in [1.807, 2.05) is 24.3 Å². The van der Waals surface area contributed by atoms with Crippen LogP contribution in [0.25, 0.3) is 10.8 Å². The number of hydrogen-bond acceptors (Lipinski definition) is 2. The summed E-state index contributed by atoms with van der Waals surface area (Å²) in [5, 5.41) is 5.83. The van der Waals surface area contributed by atoms with Gasteiger partial charge in [0.05, 0.1) is 0 Å². The highest BCUT2D eigenvalue weighted by Crippen LogP contribution is 2.24. The number of benzene rings is 2. The summed E-state index contributed by atoms with van der Waals surface area (Å²) in [6.07, 6.45) is 7.02. The van der Waals surface area contributed by atoms with Gasteiger partial charge in [0, 0.05) is 43.2 Å². The molecule has 4 rings (SSSR count). The Morgan fingerprint density at radius 2 is 1.87 bits per heavy atom. The summed E-state index contributed by atoms with van der Waals surface area (Å²) in [4.78, 5) is 12.5. The van der Waals surface area contributed by atoms with E-state index in [9.17, 15) is 4.79 Å². The van der Waals surface area contributed by atoms with Crippen molar-refractivity contribution in [2.75, 3.05) is 11.9 Å². The number of carbonyl (C=O) groups excluding carboxylic acids is 1. The molecule has 0 saturated heterocycles. The number of aryl methyl sites for hydroxylation is 2. The van der Waals surface area contributed by atoms with Crippen LogP contribution in [0.5, 0.6) is 0 Å². The molecular formula is C20H20N2O. The van der Waals surface area contributed by atoms with Gasteiger partial charge in [0.15, 0.2) is 5.78 Å². The Hall–Kier alpha value is -2.55. The fourth-order valence-corrected chi connectivity index (χ4v) is 3.28. The Morgan fingerprint density at radius 1 is 1.09 bits per heavy atom. The van der Waals surface area contributed by atoms with Crippen molar-refractivity contribution < 1.29 is 4.79 Å². The molecule has 0 spiro atoms. The van der Waals surface area contributed by atoms with E-state index in [1.165, 1.54) is 22.8 Å². The van der Waals surface area contributed by atoms with Crippen molar-refractivity contribution in [2.24, 2.45) is 0 Å². The Labute approximate surface area is 135 Å². The van der Waals surface area contributed by atoms with Crippen LogP contribution < -0.4 is 5.32 Å². The van der Waals surface area contributed by atoms with Crippen molar-refractivity contribution in [3.8, 4) is 0 Å². The lowest BCUT2D eigenvalue weighted by Gasteiger charge is -2.18. The normalized spacial score (nSPS) is 13.6. The van der Waals surface area contributed by atoms with Crippen molar-refractivity contribution in [1.82, 2.24) is 4.57 Å². The monoisotopic (exact) mass is 304 g/mol. The number of rotatable bonds is 4.